The molecular formula is C25H24Cl2Hf. The van der Waals surface area contributed by atoms with Crippen molar-refractivity contribution in [3.8, 4) is 0 Å². The maximum atomic E-state index is 2.24. The Morgan fingerprint density at radius 3 is 1.57 bits per heavy atom. The molecule has 0 aliphatic carbocycles. The largest absolute Gasteiger partial charge is 0.168 e. The molecule has 0 amide bonds. The Balaban J connectivity index is 0.000000231. The van der Waals surface area contributed by atoms with Gasteiger partial charge < -0.3 is 0 Å². The van der Waals surface area contributed by atoms with Crippen molar-refractivity contribution in [2.75, 3.05) is 0 Å². The van der Waals surface area contributed by atoms with Crippen LogP contribution in [0.25, 0.3) is 32.3 Å². The Morgan fingerprint density at radius 2 is 1.07 bits per heavy atom. The van der Waals surface area contributed by atoms with Crippen LogP contribution in [0.1, 0.15) is 13.8 Å². The predicted octanol–water partition coefficient (Wildman–Crippen LogP) is 7.86. The molecule has 0 radical (unpaired) electrons. The third-order valence-electron chi connectivity index (χ3n) is 4.07. The van der Waals surface area contributed by atoms with Gasteiger partial charge in [0.2, 0.25) is 0 Å². The summed E-state index contributed by atoms with van der Waals surface area (Å²) < 4.78 is 1.56. The van der Waals surface area contributed by atoms with Crippen molar-refractivity contribution < 1.29 is 23.9 Å². The van der Waals surface area contributed by atoms with E-state index < -0.39 is 0 Å². The second kappa shape index (κ2) is 12.1. The minimum Gasteiger partial charge on any atom is -0.168 e. The molecule has 142 valence electrons. The number of rotatable bonds is 0. The van der Waals surface area contributed by atoms with Crippen LogP contribution in [0.4, 0.5) is 0 Å². The minimum absolute atomic E-state index is 0. The van der Waals surface area contributed by atoms with Crippen LogP contribution >= 0.6 is 24.8 Å². The van der Waals surface area contributed by atoms with Gasteiger partial charge in [0.1, 0.15) is 0 Å². The summed E-state index contributed by atoms with van der Waals surface area (Å²) in [4.78, 5) is 0. The zero-order valence-electron chi connectivity index (χ0n) is 16.1. The van der Waals surface area contributed by atoms with E-state index in [2.05, 4.69) is 111 Å². The summed E-state index contributed by atoms with van der Waals surface area (Å²) in [5.74, 6) is 0. The predicted molar refractivity (Wildman–Crippen MR) is 127 cm³/mol. The summed E-state index contributed by atoms with van der Waals surface area (Å²) >= 11 is 1.27. The Kier molecular flexibility index (Phi) is 10.6. The smallest absolute Gasteiger partial charge is 0.0771 e. The van der Waals surface area contributed by atoms with Crippen molar-refractivity contribution in [3.05, 3.63) is 97.1 Å². The molecule has 0 unspecified atom stereocenters. The van der Waals surface area contributed by atoms with Crippen molar-refractivity contribution in [1.29, 1.82) is 0 Å². The quantitative estimate of drug-likeness (QED) is 0.131. The van der Waals surface area contributed by atoms with Crippen LogP contribution in [-0.4, -0.2) is 3.26 Å². The van der Waals surface area contributed by atoms with Crippen LogP contribution in [0.2, 0.25) is 0 Å². The molecule has 3 heteroatoms. The molecule has 0 aliphatic heterocycles. The summed E-state index contributed by atoms with van der Waals surface area (Å²) in [7, 11) is 0. The number of halogens is 2. The second-order valence-electron chi connectivity index (χ2n) is 6.47. The van der Waals surface area contributed by atoms with E-state index in [1.807, 2.05) is 0 Å². The molecule has 0 fully saturated rings. The molecule has 0 nitrogen and oxygen atoms in total. The average molecular weight is 574 g/mol. The normalized spacial score (nSPS) is 9.43. The van der Waals surface area contributed by atoms with Gasteiger partial charge in [0.25, 0.3) is 0 Å². The van der Waals surface area contributed by atoms with Gasteiger partial charge in [-0.2, -0.15) is 17.5 Å². The topological polar surface area (TPSA) is 0 Å². The summed E-state index contributed by atoms with van der Waals surface area (Å²) in [6.07, 6.45) is 0. The van der Waals surface area contributed by atoms with E-state index in [1.54, 1.807) is 3.26 Å². The summed E-state index contributed by atoms with van der Waals surface area (Å²) in [5.41, 5.74) is 0. The van der Waals surface area contributed by atoms with E-state index in [4.69, 9.17) is 0 Å². The molecule has 0 aromatic heterocycles. The number of fused-ring (bicyclic) bond motifs is 4. The van der Waals surface area contributed by atoms with Gasteiger partial charge in [0.05, 0.1) is 0 Å². The average Bonchev–Trinajstić information content (AvgIpc) is 3.26. The first-order chi connectivity index (χ1) is 12.6. The Morgan fingerprint density at radius 1 is 0.643 bits per heavy atom. The number of hydrogen-bond donors (Lipinski definition) is 0. The van der Waals surface area contributed by atoms with Crippen LogP contribution in [-0.2, 0) is 23.9 Å². The molecule has 5 aromatic rings. The molecule has 0 saturated heterocycles. The van der Waals surface area contributed by atoms with E-state index in [-0.39, 0.29) is 24.8 Å². The molecule has 0 aliphatic rings. The zero-order valence-corrected chi connectivity index (χ0v) is 21.3. The maximum absolute atomic E-state index is 2.24. The van der Waals surface area contributed by atoms with Crippen molar-refractivity contribution in [2.24, 2.45) is 0 Å². The van der Waals surface area contributed by atoms with Gasteiger partial charge in [0, 0.05) is 0 Å². The van der Waals surface area contributed by atoms with Crippen LogP contribution in [0.15, 0.2) is 97.1 Å². The summed E-state index contributed by atoms with van der Waals surface area (Å²) in [5, 5.41) is 8.05. The van der Waals surface area contributed by atoms with Gasteiger partial charge in [-0.15, -0.1) is 94.2 Å². The third kappa shape index (κ3) is 6.51. The van der Waals surface area contributed by atoms with Crippen LogP contribution in [0, 0.1) is 0 Å². The maximum Gasteiger partial charge on any atom is -0.0771 e. The molecule has 28 heavy (non-hydrogen) atoms. The van der Waals surface area contributed by atoms with Crippen molar-refractivity contribution >= 4 is 60.4 Å². The Bertz CT molecular complexity index is 1050. The minimum atomic E-state index is 0. The van der Waals surface area contributed by atoms with Crippen molar-refractivity contribution in [3.63, 3.8) is 0 Å². The van der Waals surface area contributed by atoms with E-state index in [1.165, 1.54) is 56.2 Å². The van der Waals surface area contributed by atoms with E-state index in [0.717, 1.165) is 0 Å². The second-order valence-corrected chi connectivity index (χ2v) is 10.1. The first-order valence-corrected chi connectivity index (χ1v) is 10.6. The van der Waals surface area contributed by atoms with E-state index in [0.29, 0.717) is 0 Å². The Hall–Kier alpha value is -1.54. The summed E-state index contributed by atoms with van der Waals surface area (Å²) in [6.45, 7) is 4.29. The number of hydrogen-bond acceptors (Lipinski definition) is 0. The van der Waals surface area contributed by atoms with E-state index >= 15 is 0 Å². The fourth-order valence-corrected chi connectivity index (χ4v) is 2.97. The van der Waals surface area contributed by atoms with Gasteiger partial charge >= 0.3 is 41.0 Å². The van der Waals surface area contributed by atoms with Crippen LogP contribution in [0.3, 0.4) is 0 Å². The third-order valence-corrected chi connectivity index (χ3v) is 4.07. The molecule has 0 heterocycles. The molecule has 5 rings (SSSR count). The SMILES string of the molecule is C[C](C)=[Hf+2].Cl.Cl.c1ccc2[cH-]ccc2c1.c1ccc2c(c1)[cH-]c1ccccc12. The van der Waals surface area contributed by atoms with Crippen LogP contribution < -0.4 is 0 Å². The van der Waals surface area contributed by atoms with Gasteiger partial charge in [-0.3, -0.25) is 0 Å². The zero-order chi connectivity index (χ0) is 18.4. The Labute approximate surface area is 194 Å². The van der Waals surface area contributed by atoms with Gasteiger partial charge in [-0.05, 0) is 0 Å². The van der Waals surface area contributed by atoms with Gasteiger partial charge in [-0.25, -0.2) is 0 Å². The van der Waals surface area contributed by atoms with Gasteiger partial charge in [0.15, 0.2) is 0 Å². The standard InChI is InChI=1S/C13H9.C9H7.C3H6.2ClH.Hf/c1-3-7-12-10(5-1)9-11-6-2-4-8-13(11)12;1-2-5-9-7-3-6-8(9)4-1;1-3-2;;;/h1-9H;1-7H;1-2H3;2*1H;/q2*-1;;;;+2. The van der Waals surface area contributed by atoms with Crippen LogP contribution in [0.5, 0.6) is 0 Å². The molecule has 0 N–H and O–H groups in total. The fraction of sp³-hybridized carbons (Fsp3) is 0.0800. The fourth-order valence-electron chi connectivity index (χ4n) is 2.97. The molecule has 0 spiro atoms. The van der Waals surface area contributed by atoms with Crippen molar-refractivity contribution in [1.82, 2.24) is 0 Å². The molecule has 0 bridgehead atoms. The molecule has 5 aromatic carbocycles. The first-order valence-electron chi connectivity index (χ1n) is 8.80. The molecular weight excluding hydrogens is 550 g/mol. The monoisotopic (exact) mass is 574 g/mol. The first kappa shape index (κ1) is 24.5. The molecule has 0 saturated carbocycles. The van der Waals surface area contributed by atoms with Gasteiger partial charge in [-0.1, -0.05) is 42.5 Å². The summed E-state index contributed by atoms with van der Waals surface area (Å²) in [6, 6.07) is 33.9. The number of benzene rings is 3. The molecule has 0 atom stereocenters. The van der Waals surface area contributed by atoms with E-state index in [9.17, 15) is 0 Å². The van der Waals surface area contributed by atoms with Crippen molar-refractivity contribution in [2.45, 2.75) is 13.8 Å².